The lowest BCUT2D eigenvalue weighted by molar-refractivity contribution is -0.161. The van der Waals surface area contributed by atoms with Gasteiger partial charge in [0, 0.05) is 24.7 Å². The number of carboxylic acid groups (broad SMARTS) is 1. The quantitative estimate of drug-likeness (QED) is 0.475. The van der Waals surface area contributed by atoms with Gasteiger partial charge in [0.1, 0.15) is 17.5 Å². The van der Waals surface area contributed by atoms with Crippen molar-refractivity contribution in [2.45, 2.75) is 38.6 Å². The average molecular weight is 466 g/mol. The lowest BCUT2D eigenvalue weighted by Gasteiger charge is -2.50. The molecule has 2 heterocycles. The SMILES string of the molecule is COc1ccc(CN2C(=O)[C@@H](N(Cc3ccccc3)C(=O)O)[C@H]2Cn2nnc(C)n2)c(OC)c1. The highest BCUT2D eigenvalue weighted by molar-refractivity contribution is 5.92. The average Bonchev–Trinajstić information content (AvgIpc) is 3.26. The minimum absolute atomic E-state index is 0.0899. The molecule has 34 heavy (non-hydrogen) atoms. The second-order valence-corrected chi connectivity index (χ2v) is 7.94. The standard InChI is InChI=1S/C23H26N6O5/c1-15-24-26-29(25-15)14-19-21(28(23(31)32)12-16-7-5-4-6-8-16)22(30)27(19)13-17-9-10-18(33-2)11-20(17)34-3/h4-11,19,21H,12-14H2,1-3H3,(H,31,32)/t19-,21+/m1/s1. The number of aryl methyl sites for hydroxylation is 1. The van der Waals surface area contributed by atoms with Crippen molar-refractivity contribution in [3.8, 4) is 11.5 Å². The van der Waals surface area contributed by atoms with Crippen LogP contribution >= 0.6 is 0 Å². The Morgan fingerprint density at radius 1 is 1.15 bits per heavy atom. The monoisotopic (exact) mass is 466 g/mol. The molecule has 0 bridgehead atoms. The second kappa shape index (κ2) is 9.77. The molecular formula is C23H26N6O5. The number of aromatic nitrogens is 4. The van der Waals surface area contributed by atoms with Crippen LogP contribution in [0.2, 0.25) is 0 Å². The van der Waals surface area contributed by atoms with Gasteiger partial charge in [0.15, 0.2) is 5.82 Å². The molecular weight excluding hydrogens is 440 g/mol. The Bertz CT molecular complexity index is 1170. The highest BCUT2D eigenvalue weighted by Crippen LogP contribution is 2.33. The Kier molecular flexibility index (Phi) is 6.62. The summed E-state index contributed by atoms with van der Waals surface area (Å²) in [6, 6.07) is 13.2. The molecule has 0 saturated carbocycles. The first-order chi connectivity index (χ1) is 16.4. The number of carbonyl (C=O) groups is 2. The van der Waals surface area contributed by atoms with Crippen LogP contribution in [0.3, 0.4) is 0 Å². The molecule has 1 saturated heterocycles. The van der Waals surface area contributed by atoms with Gasteiger partial charge in [-0.3, -0.25) is 9.69 Å². The first-order valence-electron chi connectivity index (χ1n) is 10.7. The predicted molar refractivity (Wildman–Crippen MR) is 120 cm³/mol. The highest BCUT2D eigenvalue weighted by atomic mass is 16.5. The summed E-state index contributed by atoms with van der Waals surface area (Å²) in [5, 5.41) is 22.1. The molecule has 2 amide bonds. The van der Waals surface area contributed by atoms with E-state index >= 15 is 0 Å². The lowest BCUT2D eigenvalue weighted by Crippen LogP contribution is -2.71. The highest BCUT2D eigenvalue weighted by Gasteiger charge is 2.52. The van der Waals surface area contributed by atoms with Gasteiger partial charge in [0.25, 0.3) is 0 Å². The number of hydrogen-bond donors (Lipinski definition) is 1. The summed E-state index contributed by atoms with van der Waals surface area (Å²) in [6.45, 7) is 2.24. The first kappa shape index (κ1) is 23.0. The van der Waals surface area contributed by atoms with Crippen LogP contribution in [-0.4, -0.2) is 73.4 Å². The molecule has 3 aromatic rings. The second-order valence-electron chi connectivity index (χ2n) is 7.94. The molecule has 4 rings (SSSR count). The van der Waals surface area contributed by atoms with Crippen molar-refractivity contribution in [1.29, 1.82) is 0 Å². The predicted octanol–water partition coefficient (Wildman–Crippen LogP) is 1.96. The molecule has 1 N–H and O–H groups in total. The number of likely N-dealkylation sites (tertiary alicyclic amines) is 1. The van der Waals surface area contributed by atoms with Gasteiger partial charge in [-0.05, 0) is 29.8 Å². The number of methoxy groups -OCH3 is 2. The van der Waals surface area contributed by atoms with Crippen molar-refractivity contribution in [1.82, 2.24) is 30.0 Å². The smallest absolute Gasteiger partial charge is 0.408 e. The van der Waals surface area contributed by atoms with Crippen molar-refractivity contribution in [2.75, 3.05) is 14.2 Å². The molecule has 1 aliphatic heterocycles. The van der Waals surface area contributed by atoms with Crippen molar-refractivity contribution in [3.05, 3.63) is 65.5 Å². The van der Waals surface area contributed by atoms with Gasteiger partial charge < -0.3 is 19.5 Å². The number of rotatable bonds is 9. The van der Waals surface area contributed by atoms with Gasteiger partial charge >= 0.3 is 6.09 Å². The fourth-order valence-electron chi connectivity index (χ4n) is 4.12. The fourth-order valence-corrected chi connectivity index (χ4v) is 4.12. The van der Waals surface area contributed by atoms with Crippen LogP contribution < -0.4 is 9.47 Å². The van der Waals surface area contributed by atoms with E-state index in [2.05, 4.69) is 15.4 Å². The molecule has 0 unspecified atom stereocenters. The third-order valence-electron chi connectivity index (χ3n) is 5.82. The van der Waals surface area contributed by atoms with E-state index in [1.54, 1.807) is 38.2 Å². The van der Waals surface area contributed by atoms with Gasteiger partial charge in [0.2, 0.25) is 5.91 Å². The van der Waals surface area contributed by atoms with Gasteiger partial charge in [-0.2, -0.15) is 4.80 Å². The minimum Gasteiger partial charge on any atom is -0.497 e. The maximum Gasteiger partial charge on any atom is 0.408 e. The number of benzene rings is 2. The zero-order valence-electron chi connectivity index (χ0n) is 19.2. The van der Waals surface area contributed by atoms with Crippen LogP contribution in [0, 0.1) is 6.92 Å². The van der Waals surface area contributed by atoms with Crippen LogP contribution in [0.4, 0.5) is 4.79 Å². The Morgan fingerprint density at radius 2 is 1.91 bits per heavy atom. The van der Waals surface area contributed by atoms with E-state index in [4.69, 9.17) is 9.47 Å². The van der Waals surface area contributed by atoms with E-state index in [0.717, 1.165) is 11.1 Å². The third kappa shape index (κ3) is 4.63. The molecule has 11 nitrogen and oxygen atoms in total. The molecule has 0 radical (unpaired) electrons. The van der Waals surface area contributed by atoms with Gasteiger partial charge in [-0.15, -0.1) is 10.2 Å². The molecule has 1 fully saturated rings. The minimum atomic E-state index is -1.17. The molecule has 2 aromatic carbocycles. The molecule has 1 aliphatic rings. The van der Waals surface area contributed by atoms with E-state index < -0.39 is 18.2 Å². The Balaban J connectivity index is 1.63. The number of tetrazole rings is 1. The summed E-state index contributed by atoms with van der Waals surface area (Å²) >= 11 is 0. The largest absolute Gasteiger partial charge is 0.497 e. The fraction of sp³-hybridized carbons (Fsp3) is 0.348. The van der Waals surface area contributed by atoms with Gasteiger partial charge in [-0.1, -0.05) is 30.3 Å². The van der Waals surface area contributed by atoms with Crippen LogP contribution in [0.15, 0.2) is 48.5 Å². The molecule has 11 heteroatoms. The lowest BCUT2D eigenvalue weighted by atomic mass is 9.91. The summed E-state index contributed by atoms with van der Waals surface area (Å²) in [5.41, 5.74) is 1.56. The maximum absolute atomic E-state index is 13.3. The number of β-lactam (4-membered cyclic amide) rings is 1. The van der Waals surface area contributed by atoms with Gasteiger partial charge in [0.05, 0.1) is 26.8 Å². The van der Waals surface area contributed by atoms with E-state index in [9.17, 15) is 14.7 Å². The van der Waals surface area contributed by atoms with Crippen molar-refractivity contribution in [3.63, 3.8) is 0 Å². The number of hydrogen-bond acceptors (Lipinski definition) is 7. The molecule has 1 aromatic heterocycles. The Morgan fingerprint density at radius 3 is 2.53 bits per heavy atom. The molecule has 178 valence electrons. The first-order valence-corrected chi connectivity index (χ1v) is 10.7. The number of ether oxygens (including phenoxy) is 2. The molecule has 0 aliphatic carbocycles. The van der Waals surface area contributed by atoms with Crippen molar-refractivity contribution < 1.29 is 24.2 Å². The van der Waals surface area contributed by atoms with E-state index in [0.29, 0.717) is 17.3 Å². The van der Waals surface area contributed by atoms with Crippen molar-refractivity contribution >= 4 is 12.0 Å². The van der Waals surface area contributed by atoms with Crippen LogP contribution in [0.1, 0.15) is 17.0 Å². The summed E-state index contributed by atoms with van der Waals surface area (Å²) in [6.07, 6.45) is -1.17. The summed E-state index contributed by atoms with van der Waals surface area (Å²) in [5.74, 6) is 1.40. The number of carbonyl (C=O) groups excluding carboxylic acids is 1. The van der Waals surface area contributed by atoms with Crippen LogP contribution in [-0.2, 0) is 24.4 Å². The number of nitrogens with zero attached hydrogens (tertiary/aromatic N) is 6. The Hall–Kier alpha value is -4.15. The third-order valence-corrected chi connectivity index (χ3v) is 5.82. The topological polar surface area (TPSA) is 123 Å². The van der Waals surface area contributed by atoms with Gasteiger partial charge in [-0.25, -0.2) is 4.79 Å². The normalized spacial score (nSPS) is 17.3. The van der Waals surface area contributed by atoms with Crippen molar-refractivity contribution in [2.24, 2.45) is 0 Å². The van der Waals surface area contributed by atoms with E-state index in [1.165, 1.54) is 9.70 Å². The number of amides is 2. The van der Waals surface area contributed by atoms with E-state index in [1.807, 2.05) is 36.4 Å². The summed E-state index contributed by atoms with van der Waals surface area (Å²) in [4.78, 5) is 29.7. The zero-order chi connectivity index (χ0) is 24.2. The maximum atomic E-state index is 13.3. The van der Waals surface area contributed by atoms with Crippen LogP contribution in [0.5, 0.6) is 11.5 Å². The zero-order valence-corrected chi connectivity index (χ0v) is 19.2. The Labute approximate surface area is 196 Å². The summed E-state index contributed by atoms with van der Waals surface area (Å²) < 4.78 is 10.7. The molecule has 0 spiro atoms. The van der Waals surface area contributed by atoms with E-state index in [-0.39, 0.29) is 25.5 Å². The van der Waals surface area contributed by atoms with Crippen LogP contribution in [0.25, 0.3) is 0 Å². The summed E-state index contributed by atoms with van der Waals surface area (Å²) in [7, 11) is 3.11. The molecule has 2 atom stereocenters.